The van der Waals surface area contributed by atoms with Gasteiger partial charge in [0.05, 0.1) is 0 Å². The Hall–Kier alpha value is -0.231. The summed E-state index contributed by atoms with van der Waals surface area (Å²) in [4.78, 5) is 12.5. The molecule has 10 fully saturated rings. The van der Waals surface area contributed by atoms with E-state index in [1.807, 2.05) is 6.26 Å². The molecule has 98 valence electrons. The zero-order chi connectivity index (χ0) is 11.5. The average Bonchev–Trinajstić information content (AvgIpc) is 3.33. The summed E-state index contributed by atoms with van der Waals surface area (Å²) in [5.74, 6) is 2.17. The van der Waals surface area contributed by atoms with Gasteiger partial charge in [-0.1, -0.05) is 0 Å². The third-order valence-corrected chi connectivity index (χ3v) is 58.6. The van der Waals surface area contributed by atoms with Crippen molar-refractivity contribution in [1.29, 1.82) is 0 Å². The van der Waals surface area contributed by atoms with Crippen LogP contribution in [0.2, 0.25) is 43.3 Å². The fourth-order valence-corrected chi connectivity index (χ4v) is 92.2. The predicted molar refractivity (Wildman–Crippen MR) is 66.5 cm³/mol. The first kappa shape index (κ1) is 7.16. The SMILES string of the molecule is c1cc([C]23[CH]4[CH]5[CH]6[CH]2[Fe]56432789[CH]3[CH]2[CH]7[CH]8[CH]39)ccpoo1. The van der Waals surface area contributed by atoms with Gasteiger partial charge in [0.15, 0.2) is 0 Å². The summed E-state index contributed by atoms with van der Waals surface area (Å²) < 4.78 is 11.0. The molecule has 10 aliphatic rings. The van der Waals surface area contributed by atoms with E-state index in [1.54, 1.807) is 5.56 Å². The number of rotatable bonds is 1. The van der Waals surface area contributed by atoms with E-state index in [-0.39, 0.29) is 0 Å². The molecule has 4 unspecified atom stereocenters. The van der Waals surface area contributed by atoms with E-state index in [0.717, 1.165) is 12.7 Å². The van der Waals surface area contributed by atoms with Crippen LogP contribution in [0.4, 0.5) is 0 Å². The monoisotopic (exact) mass is 312 g/mol. The Labute approximate surface area is 101 Å². The second kappa shape index (κ2) is 0.649. The Bertz CT molecular complexity index is 1110. The maximum atomic E-state index is 5.13. The van der Waals surface area contributed by atoms with Crippen LogP contribution in [-0.4, -0.2) is 0 Å². The summed E-state index contributed by atoms with van der Waals surface area (Å²) in [7, 11) is 0.851. The molecule has 10 saturated heterocycles. The van der Waals surface area contributed by atoms with E-state index in [4.69, 9.17) is 8.93 Å². The minimum atomic E-state index is -2.95. The van der Waals surface area contributed by atoms with Gasteiger partial charge in [-0.25, -0.2) is 0 Å². The van der Waals surface area contributed by atoms with Crippen LogP contribution in [0.15, 0.2) is 33.1 Å². The molecule has 0 bridgehead atoms. The van der Waals surface area contributed by atoms with Crippen molar-refractivity contribution in [3.05, 3.63) is 29.8 Å². The van der Waals surface area contributed by atoms with Crippen molar-refractivity contribution >= 4 is 8.43 Å². The van der Waals surface area contributed by atoms with Gasteiger partial charge in [-0.2, -0.15) is 0 Å². The Balaban J connectivity index is 1.52. The predicted octanol–water partition coefficient (Wildman–Crippen LogP) is 5.37. The van der Waals surface area contributed by atoms with Crippen LogP contribution in [0.1, 0.15) is 5.56 Å². The van der Waals surface area contributed by atoms with Crippen LogP contribution < -0.4 is 0 Å². The van der Waals surface area contributed by atoms with Gasteiger partial charge in [0.2, 0.25) is 0 Å². The zero-order valence-electron chi connectivity index (χ0n) is 10.1. The molecule has 0 amide bonds. The quantitative estimate of drug-likeness (QED) is 0.514. The fraction of sp³-hybridized carbons (Fsp3) is 0.667. The summed E-state index contributed by atoms with van der Waals surface area (Å²) in [6.07, 6.45) is 1.82. The fourth-order valence-electron chi connectivity index (χ4n) is 17.6. The Morgan fingerprint density at radius 3 is 2.16 bits per heavy atom. The molecular formula is C15H13FeO2P. The van der Waals surface area contributed by atoms with E-state index < -0.39 is 6.51 Å². The van der Waals surface area contributed by atoms with Crippen molar-refractivity contribution in [3.63, 3.8) is 0 Å². The molecule has 0 saturated carbocycles. The van der Waals surface area contributed by atoms with E-state index in [2.05, 4.69) is 17.9 Å². The maximum absolute atomic E-state index is 5.13. The van der Waals surface area contributed by atoms with Gasteiger partial charge in [0.1, 0.15) is 0 Å². The molecule has 2 nitrogen and oxygen atoms in total. The molecule has 19 heavy (non-hydrogen) atoms. The first-order valence-corrected chi connectivity index (χ1v) is 14.8. The third-order valence-electron chi connectivity index (χ3n) is 15.8. The molecule has 0 N–H and O–H groups in total. The Morgan fingerprint density at radius 2 is 1.63 bits per heavy atom. The average molecular weight is 312 g/mol. The number of hydrogen-bond donors (Lipinski definition) is 0. The van der Waals surface area contributed by atoms with Crippen LogP contribution in [0.25, 0.3) is 0 Å². The van der Waals surface area contributed by atoms with Crippen molar-refractivity contribution in [3.8, 4) is 0 Å². The van der Waals surface area contributed by atoms with Crippen LogP contribution in [0, 0.1) is 0 Å². The molecule has 4 heteroatoms. The second-order valence-electron chi connectivity index (χ2n) is 11.0. The molecule has 0 radical (unpaired) electrons. The molecule has 0 aromatic carbocycles. The third kappa shape index (κ3) is 0.0844. The molecule has 1 aromatic rings. The standard InChI is InChI=1S/C10H8O2P.C5H5.Fe/c1-2-4-9(3-1)10-5-7-11-12-13-8-6-10;1-2-4-5-3-1;/h1-8H;1-5H;. The van der Waals surface area contributed by atoms with Crippen molar-refractivity contribution in [1.82, 2.24) is 0 Å². The van der Waals surface area contributed by atoms with Crippen molar-refractivity contribution in [2.75, 3.05) is 0 Å². The van der Waals surface area contributed by atoms with Gasteiger partial charge in [0.25, 0.3) is 0 Å². The molecular weight excluding hydrogens is 299 g/mol. The molecule has 0 aliphatic carbocycles. The van der Waals surface area contributed by atoms with Crippen LogP contribution in [-0.2, 0) is 10.8 Å². The topological polar surface area (TPSA) is 26.3 Å². The van der Waals surface area contributed by atoms with Crippen molar-refractivity contribution in [2.45, 2.75) is 47.7 Å². The van der Waals surface area contributed by atoms with Crippen LogP contribution in [0.5, 0.6) is 0 Å². The first-order valence-electron chi connectivity index (χ1n) is 7.60. The number of hydrogen-bond acceptors (Lipinski definition) is 2. The van der Waals surface area contributed by atoms with Gasteiger partial charge in [-0.05, 0) is 0 Å². The summed E-state index contributed by atoms with van der Waals surface area (Å²) in [6, 6.07) is 4.73. The molecule has 11 heterocycles. The summed E-state index contributed by atoms with van der Waals surface area (Å²) in [5, 5.41) is 0. The van der Waals surface area contributed by atoms with Gasteiger partial charge < -0.3 is 0 Å². The van der Waals surface area contributed by atoms with E-state index in [0.29, 0.717) is 0 Å². The van der Waals surface area contributed by atoms with Crippen LogP contribution in [0.3, 0.4) is 0 Å². The van der Waals surface area contributed by atoms with Gasteiger partial charge in [0, 0.05) is 0 Å². The Morgan fingerprint density at radius 1 is 0.947 bits per heavy atom. The van der Waals surface area contributed by atoms with E-state index in [9.17, 15) is 0 Å². The molecule has 1 aromatic heterocycles. The van der Waals surface area contributed by atoms with Crippen LogP contribution >= 0.6 is 8.43 Å². The summed E-state index contributed by atoms with van der Waals surface area (Å²) in [6.45, 7) is -2.95. The number of fused-ring (bicyclic) bond motifs is 10. The minimum absolute atomic E-state index is 0.849. The second-order valence-corrected chi connectivity index (χ2v) is 35.2. The van der Waals surface area contributed by atoms with Gasteiger partial charge in [-0.15, -0.1) is 0 Å². The van der Waals surface area contributed by atoms with E-state index >= 15 is 0 Å². The first-order chi connectivity index (χ1) is 9.15. The Kier molecular flexibility index (Phi) is 0.244. The van der Waals surface area contributed by atoms with E-state index in [1.165, 1.54) is 43.3 Å². The molecule has 4 atom stereocenters. The molecule has 1 spiro atoms. The van der Waals surface area contributed by atoms with Crippen molar-refractivity contribution < 1.29 is 15.4 Å². The summed E-state index contributed by atoms with van der Waals surface area (Å²) in [5.41, 5.74) is 1.72. The van der Waals surface area contributed by atoms with Gasteiger partial charge >= 0.3 is 101 Å². The summed E-state index contributed by atoms with van der Waals surface area (Å²) >= 11 is 0. The van der Waals surface area contributed by atoms with Gasteiger partial charge in [-0.3, -0.25) is 0 Å². The molecule has 10 aliphatic heterocycles. The normalized spacial score (nSPS) is 108. The van der Waals surface area contributed by atoms with Crippen molar-refractivity contribution in [2.24, 2.45) is 0 Å². The molecule has 11 rings (SSSR count). The zero-order valence-corrected chi connectivity index (χ0v) is 12.1.